The molecule has 0 amide bonds. The van der Waals surface area contributed by atoms with Crippen LogP contribution in [0.5, 0.6) is 0 Å². The van der Waals surface area contributed by atoms with Crippen molar-refractivity contribution in [2.75, 3.05) is 0 Å². The summed E-state index contributed by atoms with van der Waals surface area (Å²) >= 11 is 6.29. The Morgan fingerprint density at radius 3 is 2.19 bits per heavy atom. The van der Waals surface area contributed by atoms with Gasteiger partial charge in [0.2, 0.25) is 0 Å². The molecular formula is C30H44ClN. The van der Waals surface area contributed by atoms with Crippen LogP contribution in [0.2, 0.25) is 5.02 Å². The highest BCUT2D eigenvalue weighted by molar-refractivity contribution is 6.34. The molecule has 2 heteroatoms. The van der Waals surface area contributed by atoms with Crippen LogP contribution in [-0.2, 0) is 0 Å². The van der Waals surface area contributed by atoms with Crippen LogP contribution in [0.1, 0.15) is 99.0 Å². The molecule has 0 radical (unpaired) electrons. The summed E-state index contributed by atoms with van der Waals surface area (Å²) in [5.74, 6) is 1.04. The normalized spacial score (nSPS) is 15.7. The van der Waals surface area contributed by atoms with E-state index in [-0.39, 0.29) is 0 Å². The maximum absolute atomic E-state index is 6.29. The summed E-state index contributed by atoms with van der Waals surface area (Å²) in [6.45, 7) is 19.2. The Hall–Kier alpha value is -1.86. The molecule has 0 unspecified atom stereocenters. The zero-order chi connectivity index (χ0) is 24.1. The minimum Gasteiger partial charge on any atom is -0.253 e. The van der Waals surface area contributed by atoms with E-state index >= 15 is 0 Å². The molecule has 0 spiro atoms. The first-order valence-corrected chi connectivity index (χ1v) is 12.6. The highest BCUT2D eigenvalue weighted by atomic mass is 35.5. The Labute approximate surface area is 203 Å². The van der Waals surface area contributed by atoms with Crippen LogP contribution in [0.25, 0.3) is 0 Å². The third-order valence-electron chi connectivity index (χ3n) is 5.96. The van der Waals surface area contributed by atoms with Crippen LogP contribution in [0, 0.1) is 5.92 Å². The quantitative estimate of drug-likeness (QED) is 0.287. The zero-order valence-electron chi connectivity index (χ0n) is 21.5. The van der Waals surface area contributed by atoms with Crippen molar-refractivity contribution >= 4 is 17.3 Å². The number of nitrogens with zero attached hydrogens (tertiary/aromatic N) is 1. The molecule has 0 N–H and O–H groups in total. The summed E-state index contributed by atoms with van der Waals surface area (Å²) in [5, 5.41) is 0.724. The third-order valence-corrected chi connectivity index (χ3v) is 6.28. The molecule has 1 saturated carbocycles. The van der Waals surface area contributed by atoms with Crippen LogP contribution in [0.4, 0.5) is 0 Å². The molecule has 0 aliphatic heterocycles. The smallest absolute Gasteiger partial charge is 0.0619 e. The topological polar surface area (TPSA) is 12.4 Å². The van der Waals surface area contributed by atoms with Gasteiger partial charge in [0.1, 0.15) is 0 Å². The zero-order valence-corrected chi connectivity index (χ0v) is 22.3. The summed E-state index contributed by atoms with van der Waals surface area (Å²) in [5.41, 5.74) is 7.66. The lowest BCUT2D eigenvalue weighted by Gasteiger charge is -2.15. The van der Waals surface area contributed by atoms with Crippen LogP contribution >= 0.6 is 11.6 Å². The van der Waals surface area contributed by atoms with Gasteiger partial charge in [-0.3, -0.25) is 4.99 Å². The van der Waals surface area contributed by atoms with Crippen molar-refractivity contribution in [2.24, 2.45) is 10.9 Å². The van der Waals surface area contributed by atoms with E-state index < -0.39 is 0 Å². The number of halogens is 1. The first-order valence-electron chi connectivity index (χ1n) is 12.2. The molecule has 176 valence electrons. The number of benzene rings is 1. The maximum Gasteiger partial charge on any atom is 0.0619 e. The van der Waals surface area contributed by atoms with Crippen LogP contribution in [0.3, 0.4) is 0 Å². The SMILES string of the molecule is C=C(CCC)C(/C=C(C)/C(=C/C)N=C(C)c1ccccc1Cl)=C(C)C.CC1CCCCC1. The van der Waals surface area contributed by atoms with E-state index in [1.807, 2.05) is 44.2 Å². The lowest BCUT2D eigenvalue weighted by Crippen LogP contribution is -1.99. The second kappa shape index (κ2) is 15.1. The van der Waals surface area contributed by atoms with E-state index in [2.05, 4.69) is 47.3 Å². The fourth-order valence-corrected chi connectivity index (χ4v) is 4.28. The van der Waals surface area contributed by atoms with Gasteiger partial charge in [-0.2, -0.15) is 0 Å². The standard InChI is InChI=1S/C23H30ClN.C7H14/c1-8-12-17(5)21(16(3)4)15-18(6)23(9-2)25-19(7)20-13-10-11-14-22(20)24;1-7-5-3-2-4-6-7/h9-11,13-15H,5,8,12H2,1-4,6-7H3;7H,2-6H2,1H3/b18-15+,23-9-,25-19?;. The summed E-state index contributed by atoms with van der Waals surface area (Å²) in [4.78, 5) is 4.82. The number of hydrogen-bond donors (Lipinski definition) is 0. The molecule has 1 nitrogen and oxygen atoms in total. The molecule has 0 aromatic heterocycles. The van der Waals surface area contributed by atoms with E-state index in [0.717, 1.165) is 46.3 Å². The summed E-state index contributed by atoms with van der Waals surface area (Å²) in [6.07, 6.45) is 13.8. The second-order valence-corrected chi connectivity index (χ2v) is 9.60. The van der Waals surface area contributed by atoms with Crippen molar-refractivity contribution < 1.29 is 0 Å². The van der Waals surface area contributed by atoms with Crippen LogP contribution in [0.15, 0.2) is 76.0 Å². The van der Waals surface area contributed by atoms with Crippen molar-refractivity contribution in [1.82, 2.24) is 0 Å². The molecule has 0 heterocycles. The van der Waals surface area contributed by atoms with Crippen molar-refractivity contribution in [3.05, 3.63) is 81.6 Å². The first-order chi connectivity index (χ1) is 15.2. The molecule has 2 rings (SSSR count). The molecule has 32 heavy (non-hydrogen) atoms. The lowest BCUT2D eigenvalue weighted by molar-refractivity contribution is 0.385. The highest BCUT2D eigenvalue weighted by Gasteiger charge is 2.08. The van der Waals surface area contributed by atoms with E-state index in [1.165, 1.54) is 48.8 Å². The predicted molar refractivity (Wildman–Crippen MR) is 146 cm³/mol. The van der Waals surface area contributed by atoms with Gasteiger partial charge in [0, 0.05) is 16.3 Å². The Balaban J connectivity index is 0.000000616. The van der Waals surface area contributed by atoms with E-state index in [9.17, 15) is 0 Å². The fraction of sp³-hybridized carbons (Fsp3) is 0.500. The van der Waals surface area contributed by atoms with Gasteiger partial charge in [-0.1, -0.05) is 100 Å². The van der Waals surface area contributed by atoms with Crippen LogP contribution in [-0.4, -0.2) is 5.71 Å². The fourth-order valence-electron chi connectivity index (χ4n) is 4.01. The molecule has 1 aliphatic rings. The number of hydrogen-bond acceptors (Lipinski definition) is 1. The summed E-state index contributed by atoms with van der Waals surface area (Å²) in [7, 11) is 0. The molecule has 0 atom stereocenters. The molecule has 1 aromatic carbocycles. The highest BCUT2D eigenvalue weighted by Crippen LogP contribution is 2.25. The van der Waals surface area contributed by atoms with Gasteiger partial charge in [-0.25, -0.2) is 0 Å². The van der Waals surface area contributed by atoms with E-state index in [0.29, 0.717) is 0 Å². The Kier molecular flexibility index (Phi) is 13.3. The minimum absolute atomic E-state index is 0.724. The third kappa shape index (κ3) is 9.74. The molecule has 0 bridgehead atoms. The lowest BCUT2D eigenvalue weighted by atomic mass is 9.91. The Bertz CT molecular complexity index is 857. The summed E-state index contributed by atoms with van der Waals surface area (Å²) in [6, 6.07) is 7.80. The van der Waals surface area contributed by atoms with Crippen molar-refractivity contribution in [1.29, 1.82) is 0 Å². The Morgan fingerprint density at radius 2 is 1.72 bits per heavy atom. The average molecular weight is 454 g/mol. The number of aliphatic imine (C=N–C) groups is 1. The second-order valence-electron chi connectivity index (χ2n) is 9.19. The van der Waals surface area contributed by atoms with E-state index in [4.69, 9.17) is 16.6 Å². The molecule has 0 saturated heterocycles. The number of allylic oxidation sites excluding steroid dienone is 6. The van der Waals surface area contributed by atoms with Gasteiger partial charge in [-0.15, -0.1) is 0 Å². The van der Waals surface area contributed by atoms with Crippen molar-refractivity contribution in [3.8, 4) is 0 Å². The monoisotopic (exact) mass is 453 g/mol. The van der Waals surface area contributed by atoms with Gasteiger partial charge in [0.05, 0.1) is 5.70 Å². The first kappa shape index (κ1) is 28.2. The van der Waals surface area contributed by atoms with Gasteiger partial charge in [-0.05, 0) is 75.8 Å². The summed E-state index contributed by atoms with van der Waals surface area (Å²) < 4.78 is 0. The molecule has 1 fully saturated rings. The van der Waals surface area contributed by atoms with E-state index in [1.54, 1.807) is 0 Å². The molecular weight excluding hydrogens is 410 g/mol. The molecule has 1 aromatic rings. The predicted octanol–water partition coefficient (Wildman–Crippen LogP) is 10.3. The van der Waals surface area contributed by atoms with Gasteiger partial charge >= 0.3 is 0 Å². The molecule has 1 aliphatic carbocycles. The van der Waals surface area contributed by atoms with Gasteiger partial charge < -0.3 is 0 Å². The van der Waals surface area contributed by atoms with Crippen molar-refractivity contribution in [3.63, 3.8) is 0 Å². The number of rotatable bonds is 7. The van der Waals surface area contributed by atoms with Crippen LogP contribution < -0.4 is 0 Å². The van der Waals surface area contributed by atoms with Gasteiger partial charge in [0.15, 0.2) is 0 Å². The Morgan fingerprint density at radius 1 is 1.09 bits per heavy atom. The minimum atomic E-state index is 0.724. The maximum atomic E-state index is 6.29. The largest absolute Gasteiger partial charge is 0.253 e. The van der Waals surface area contributed by atoms with Crippen molar-refractivity contribution in [2.45, 2.75) is 93.4 Å². The average Bonchev–Trinajstić information content (AvgIpc) is 2.76. The van der Waals surface area contributed by atoms with Gasteiger partial charge in [0.25, 0.3) is 0 Å².